The van der Waals surface area contributed by atoms with E-state index in [9.17, 15) is 14.3 Å². The van der Waals surface area contributed by atoms with E-state index in [1.54, 1.807) is 6.07 Å². The lowest BCUT2D eigenvalue weighted by molar-refractivity contribution is 0.142. The van der Waals surface area contributed by atoms with Crippen LogP contribution in [0, 0.1) is 12.7 Å². The van der Waals surface area contributed by atoms with Gasteiger partial charge in [0, 0.05) is 13.0 Å². The standard InChI is InChI=1S/C19H21FN2O2/c1-12-10-15(20)7-6-13(12)8-9-21-19(24)22-18-16-5-3-2-4-14(16)11-17(18)23/h2-7,10,17-18,23H,8-9,11H2,1H3,(H2,21,22,24)/t17-,18+/m0/s1. The minimum atomic E-state index is -0.604. The van der Waals surface area contributed by atoms with Crippen molar-refractivity contribution >= 4 is 6.03 Å². The molecule has 1 aliphatic carbocycles. The van der Waals surface area contributed by atoms with Crippen LogP contribution in [0.3, 0.4) is 0 Å². The number of rotatable bonds is 4. The molecule has 126 valence electrons. The van der Waals surface area contributed by atoms with E-state index in [1.165, 1.54) is 12.1 Å². The largest absolute Gasteiger partial charge is 0.390 e. The molecule has 2 amide bonds. The Bertz CT molecular complexity index is 748. The molecule has 0 saturated heterocycles. The highest BCUT2D eigenvalue weighted by molar-refractivity contribution is 5.74. The van der Waals surface area contributed by atoms with Crippen LogP contribution in [0.4, 0.5) is 9.18 Å². The third-order valence-corrected chi connectivity index (χ3v) is 4.48. The van der Waals surface area contributed by atoms with Crippen LogP contribution >= 0.6 is 0 Å². The summed E-state index contributed by atoms with van der Waals surface area (Å²) in [6.45, 7) is 2.30. The Morgan fingerprint density at radius 1 is 1.29 bits per heavy atom. The van der Waals surface area contributed by atoms with Crippen LogP contribution < -0.4 is 10.6 Å². The number of aryl methyl sites for hydroxylation is 1. The van der Waals surface area contributed by atoms with E-state index in [4.69, 9.17) is 0 Å². The molecule has 0 heterocycles. The van der Waals surface area contributed by atoms with E-state index in [-0.39, 0.29) is 17.9 Å². The van der Waals surface area contributed by atoms with Crippen molar-refractivity contribution in [3.63, 3.8) is 0 Å². The van der Waals surface area contributed by atoms with Crippen LogP contribution in [0.5, 0.6) is 0 Å². The number of amides is 2. The molecule has 2 aromatic rings. The van der Waals surface area contributed by atoms with Crippen molar-refractivity contribution < 1.29 is 14.3 Å². The van der Waals surface area contributed by atoms with Crippen LogP contribution in [-0.2, 0) is 12.8 Å². The zero-order valence-electron chi connectivity index (χ0n) is 13.6. The van der Waals surface area contributed by atoms with Crippen molar-refractivity contribution in [2.45, 2.75) is 31.9 Å². The van der Waals surface area contributed by atoms with Gasteiger partial charge in [-0.1, -0.05) is 30.3 Å². The fourth-order valence-electron chi connectivity index (χ4n) is 3.19. The van der Waals surface area contributed by atoms with Crippen LogP contribution in [0.15, 0.2) is 42.5 Å². The number of aliphatic hydroxyl groups excluding tert-OH is 1. The van der Waals surface area contributed by atoms with E-state index < -0.39 is 6.10 Å². The van der Waals surface area contributed by atoms with Gasteiger partial charge in [-0.25, -0.2) is 9.18 Å². The maximum atomic E-state index is 13.1. The Morgan fingerprint density at radius 2 is 2.08 bits per heavy atom. The number of fused-ring (bicyclic) bond motifs is 1. The highest BCUT2D eigenvalue weighted by atomic mass is 19.1. The molecule has 4 nitrogen and oxygen atoms in total. The summed E-state index contributed by atoms with van der Waals surface area (Å²) in [6, 6.07) is 11.7. The number of carbonyl (C=O) groups is 1. The average molecular weight is 328 g/mol. The molecule has 0 bridgehead atoms. The number of halogens is 1. The predicted molar refractivity (Wildman–Crippen MR) is 90.3 cm³/mol. The number of benzene rings is 2. The molecule has 0 saturated carbocycles. The molecule has 24 heavy (non-hydrogen) atoms. The summed E-state index contributed by atoms with van der Waals surface area (Å²) in [5.41, 5.74) is 3.91. The second-order valence-corrected chi connectivity index (χ2v) is 6.17. The van der Waals surface area contributed by atoms with Gasteiger partial charge in [-0.3, -0.25) is 0 Å². The maximum absolute atomic E-state index is 13.1. The Labute approximate surface area is 140 Å². The summed E-state index contributed by atoms with van der Waals surface area (Å²) in [5, 5.41) is 15.8. The van der Waals surface area contributed by atoms with Crippen molar-refractivity contribution in [1.29, 1.82) is 0 Å². The number of hydrogen-bond acceptors (Lipinski definition) is 2. The summed E-state index contributed by atoms with van der Waals surface area (Å²) in [5.74, 6) is -0.254. The molecule has 1 aliphatic rings. The second-order valence-electron chi connectivity index (χ2n) is 6.17. The van der Waals surface area contributed by atoms with E-state index in [0.29, 0.717) is 19.4 Å². The Morgan fingerprint density at radius 3 is 2.88 bits per heavy atom. The smallest absolute Gasteiger partial charge is 0.315 e. The molecule has 0 aromatic heterocycles. The highest BCUT2D eigenvalue weighted by Crippen LogP contribution is 2.30. The zero-order valence-corrected chi connectivity index (χ0v) is 13.6. The van der Waals surface area contributed by atoms with Gasteiger partial charge in [0.15, 0.2) is 0 Å². The first-order valence-corrected chi connectivity index (χ1v) is 8.10. The SMILES string of the molecule is Cc1cc(F)ccc1CCNC(=O)N[C@@H]1c2ccccc2C[C@@H]1O. The Balaban J connectivity index is 1.53. The lowest BCUT2D eigenvalue weighted by Crippen LogP contribution is -2.41. The molecule has 0 unspecified atom stereocenters. The lowest BCUT2D eigenvalue weighted by Gasteiger charge is -2.18. The monoisotopic (exact) mass is 328 g/mol. The van der Waals surface area contributed by atoms with Crippen molar-refractivity contribution in [3.8, 4) is 0 Å². The Kier molecular flexibility index (Phi) is 4.81. The van der Waals surface area contributed by atoms with Crippen LogP contribution in [0.2, 0.25) is 0 Å². The summed E-state index contributed by atoms with van der Waals surface area (Å²) in [7, 11) is 0. The van der Waals surface area contributed by atoms with Gasteiger partial charge in [0.05, 0.1) is 12.1 Å². The summed E-state index contributed by atoms with van der Waals surface area (Å²) in [4.78, 5) is 12.1. The molecule has 2 atom stereocenters. The van der Waals surface area contributed by atoms with Gasteiger partial charge in [0.1, 0.15) is 5.82 Å². The second kappa shape index (κ2) is 7.01. The molecule has 2 aromatic carbocycles. The van der Waals surface area contributed by atoms with Crippen molar-refractivity contribution in [2.24, 2.45) is 0 Å². The highest BCUT2D eigenvalue weighted by Gasteiger charge is 2.31. The topological polar surface area (TPSA) is 61.4 Å². The van der Waals surface area contributed by atoms with Gasteiger partial charge in [-0.2, -0.15) is 0 Å². The molecule has 3 N–H and O–H groups in total. The zero-order chi connectivity index (χ0) is 17.1. The van der Waals surface area contributed by atoms with Gasteiger partial charge < -0.3 is 15.7 Å². The first-order valence-electron chi connectivity index (χ1n) is 8.10. The van der Waals surface area contributed by atoms with Gasteiger partial charge in [-0.15, -0.1) is 0 Å². The lowest BCUT2D eigenvalue weighted by atomic mass is 10.1. The molecule has 0 aliphatic heterocycles. The molecular weight excluding hydrogens is 307 g/mol. The number of aliphatic hydroxyl groups is 1. The summed E-state index contributed by atoms with van der Waals surface area (Å²) < 4.78 is 13.1. The van der Waals surface area contributed by atoms with Gasteiger partial charge in [-0.05, 0) is 47.7 Å². The molecule has 5 heteroatoms. The van der Waals surface area contributed by atoms with E-state index in [1.807, 2.05) is 31.2 Å². The van der Waals surface area contributed by atoms with Gasteiger partial charge >= 0.3 is 6.03 Å². The van der Waals surface area contributed by atoms with Crippen molar-refractivity contribution in [1.82, 2.24) is 10.6 Å². The van der Waals surface area contributed by atoms with Crippen molar-refractivity contribution in [3.05, 3.63) is 70.5 Å². The number of urea groups is 1. The molecule has 3 rings (SSSR count). The van der Waals surface area contributed by atoms with E-state index in [0.717, 1.165) is 22.3 Å². The normalized spacial score (nSPS) is 19.0. The molecular formula is C19H21FN2O2. The number of hydrogen-bond donors (Lipinski definition) is 3. The average Bonchev–Trinajstić information content (AvgIpc) is 2.85. The fourth-order valence-corrected chi connectivity index (χ4v) is 3.19. The van der Waals surface area contributed by atoms with Crippen LogP contribution in [0.1, 0.15) is 28.3 Å². The molecule has 0 fully saturated rings. The van der Waals surface area contributed by atoms with Crippen LogP contribution in [-0.4, -0.2) is 23.8 Å². The van der Waals surface area contributed by atoms with Gasteiger partial charge in [0.25, 0.3) is 0 Å². The third-order valence-electron chi connectivity index (χ3n) is 4.48. The summed E-state index contributed by atoms with van der Waals surface area (Å²) >= 11 is 0. The first kappa shape index (κ1) is 16.5. The van der Waals surface area contributed by atoms with E-state index >= 15 is 0 Å². The maximum Gasteiger partial charge on any atom is 0.315 e. The predicted octanol–water partition coefficient (Wildman–Crippen LogP) is 2.63. The molecule has 0 spiro atoms. The Hall–Kier alpha value is -2.40. The number of nitrogens with one attached hydrogen (secondary N) is 2. The minimum absolute atomic E-state index is 0.254. The van der Waals surface area contributed by atoms with Gasteiger partial charge in [0.2, 0.25) is 0 Å². The van der Waals surface area contributed by atoms with E-state index in [2.05, 4.69) is 10.6 Å². The van der Waals surface area contributed by atoms with Crippen molar-refractivity contribution in [2.75, 3.05) is 6.54 Å². The van der Waals surface area contributed by atoms with Crippen LogP contribution in [0.25, 0.3) is 0 Å². The number of carbonyl (C=O) groups excluding carboxylic acids is 1. The minimum Gasteiger partial charge on any atom is -0.390 e. The first-order chi connectivity index (χ1) is 11.5. The quantitative estimate of drug-likeness (QED) is 0.808. The fraction of sp³-hybridized carbons (Fsp3) is 0.316. The molecule has 0 radical (unpaired) electrons. The third kappa shape index (κ3) is 3.57. The summed E-state index contributed by atoms with van der Waals surface area (Å²) in [6.07, 6.45) is 0.576.